The maximum Gasteiger partial charge on any atom is 0.204 e. The number of aromatic hydroxyl groups is 1. The van der Waals surface area contributed by atoms with Gasteiger partial charge >= 0.3 is 0 Å². The molecule has 0 bridgehead atoms. The van der Waals surface area contributed by atoms with E-state index in [2.05, 4.69) is 27.7 Å². The van der Waals surface area contributed by atoms with Crippen LogP contribution in [0.25, 0.3) is 21.9 Å². The normalized spacial score (nSPS) is 11.5. The first kappa shape index (κ1) is 31.8. The Morgan fingerprint density at radius 2 is 1.22 bits per heavy atom. The largest absolute Gasteiger partial charge is 0.507 e. The predicted octanol–water partition coefficient (Wildman–Crippen LogP) is 9.19. The van der Waals surface area contributed by atoms with Crippen molar-refractivity contribution in [3.8, 4) is 17.2 Å². The molecule has 0 saturated carbocycles. The average molecular weight is 607 g/mol. The summed E-state index contributed by atoms with van der Waals surface area (Å²) >= 11 is 0. The van der Waals surface area contributed by atoms with Crippen molar-refractivity contribution >= 4 is 27.7 Å². The summed E-state index contributed by atoms with van der Waals surface area (Å²) in [6.45, 7) is 10.5. The van der Waals surface area contributed by atoms with E-state index < -0.39 is 0 Å². The number of phenolic OH excluding ortho intramolecular Hbond substituents is 1. The Kier molecular flexibility index (Phi) is 9.92. The van der Waals surface area contributed by atoms with Crippen LogP contribution in [0.3, 0.4) is 0 Å². The van der Waals surface area contributed by atoms with Crippen molar-refractivity contribution in [2.24, 2.45) is 11.8 Å². The molecule has 0 fully saturated rings. The third kappa shape index (κ3) is 7.22. The Bertz CT molecular complexity index is 1850. The molecule has 6 nitrogen and oxygen atoms in total. The summed E-state index contributed by atoms with van der Waals surface area (Å²) in [5, 5.41) is 12.1. The standard InChI is InChI=1S/C39H42O6/c1-24(2)16-18-29-31(43-22-27-12-8-6-9-13-27)20-34-37(38(29)41)39(42)36-30(19-17-25(3)4)35(26(5)40)32(21-33(36)45-34)44-23-28-14-10-7-11-15-28/h6-15,20-21,24-25,41H,16-19,22-23H2,1-5H3. The fourth-order valence-corrected chi connectivity index (χ4v) is 5.68. The Morgan fingerprint density at radius 3 is 1.76 bits per heavy atom. The van der Waals surface area contributed by atoms with Crippen LogP contribution in [0, 0.1) is 11.8 Å². The van der Waals surface area contributed by atoms with Gasteiger partial charge in [-0.25, -0.2) is 0 Å². The second-order valence-electron chi connectivity index (χ2n) is 12.6. The van der Waals surface area contributed by atoms with Crippen LogP contribution in [0.2, 0.25) is 0 Å². The summed E-state index contributed by atoms with van der Waals surface area (Å²) in [4.78, 5) is 27.6. The summed E-state index contributed by atoms with van der Waals surface area (Å²) in [5.74, 6) is 1.25. The van der Waals surface area contributed by atoms with E-state index in [-0.39, 0.29) is 34.5 Å². The summed E-state index contributed by atoms with van der Waals surface area (Å²) < 4.78 is 18.9. The quantitative estimate of drug-likeness (QED) is 0.106. The maximum atomic E-state index is 14.4. The van der Waals surface area contributed by atoms with Crippen molar-refractivity contribution in [3.05, 3.63) is 111 Å². The number of carbonyl (C=O) groups excluding carboxylic acids is 1. The number of ether oxygens (including phenoxy) is 2. The Labute approximate surface area is 264 Å². The molecule has 45 heavy (non-hydrogen) atoms. The van der Waals surface area contributed by atoms with Gasteiger partial charge in [-0.3, -0.25) is 9.59 Å². The lowest BCUT2D eigenvalue weighted by atomic mass is 9.91. The van der Waals surface area contributed by atoms with Gasteiger partial charge in [0.25, 0.3) is 0 Å². The molecule has 5 rings (SSSR count). The van der Waals surface area contributed by atoms with Crippen LogP contribution in [0.1, 0.15) is 80.1 Å². The maximum absolute atomic E-state index is 14.4. The number of hydrogen-bond acceptors (Lipinski definition) is 6. The van der Waals surface area contributed by atoms with Crippen LogP contribution in [0.15, 0.2) is 82.0 Å². The molecular formula is C39H42O6. The highest BCUT2D eigenvalue weighted by atomic mass is 16.5. The third-order valence-corrected chi connectivity index (χ3v) is 8.13. The van der Waals surface area contributed by atoms with Crippen LogP contribution in [0.5, 0.6) is 17.2 Å². The molecule has 0 radical (unpaired) electrons. The molecule has 1 aromatic heterocycles. The molecule has 0 aliphatic heterocycles. The fourth-order valence-electron chi connectivity index (χ4n) is 5.68. The summed E-state index contributed by atoms with van der Waals surface area (Å²) in [5.41, 5.74) is 3.67. The van der Waals surface area contributed by atoms with Crippen molar-refractivity contribution in [2.45, 2.75) is 73.5 Å². The Balaban J connectivity index is 1.72. The topological polar surface area (TPSA) is 86.0 Å². The molecule has 4 aromatic carbocycles. The van der Waals surface area contributed by atoms with E-state index in [9.17, 15) is 14.7 Å². The van der Waals surface area contributed by atoms with Gasteiger partial charge in [-0.1, -0.05) is 88.4 Å². The van der Waals surface area contributed by atoms with Gasteiger partial charge in [-0.15, -0.1) is 0 Å². The van der Waals surface area contributed by atoms with Crippen LogP contribution < -0.4 is 14.9 Å². The molecule has 0 spiro atoms. The summed E-state index contributed by atoms with van der Waals surface area (Å²) in [7, 11) is 0. The highest BCUT2D eigenvalue weighted by molar-refractivity contribution is 6.05. The van der Waals surface area contributed by atoms with Gasteiger partial charge in [0.2, 0.25) is 5.43 Å². The number of rotatable bonds is 13. The van der Waals surface area contributed by atoms with E-state index in [4.69, 9.17) is 13.9 Å². The number of ketones is 1. The van der Waals surface area contributed by atoms with Gasteiger partial charge < -0.3 is 19.0 Å². The average Bonchev–Trinajstić information content (AvgIpc) is 3.01. The minimum atomic E-state index is -0.361. The number of phenols is 1. The molecule has 0 amide bonds. The number of benzene rings is 4. The lowest BCUT2D eigenvalue weighted by Gasteiger charge is -2.19. The van der Waals surface area contributed by atoms with Crippen molar-refractivity contribution in [1.29, 1.82) is 0 Å². The first-order valence-electron chi connectivity index (χ1n) is 15.8. The minimum Gasteiger partial charge on any atom is -0.507 e. The van der Waals surface area contributed by atoms with Crippen molar-refractivity contribution in [3.63, 3.8) is 0 Å². The highest BCUT2D eigenvalue weighted by Gasteiger charge is 2.26. The van der Waals surface area contributed by atoms with Crippen LogP contribution in [-0.2, 0) is 26.1 Å². The zero-order valence-corrected chi connectivity index (χ0v) is 26.8. The van der Waals surface area contributed by atoms with Crippen molar-refractivity contribution in [2.75, 3.05) is 0 Å². The van der Waals surface area contributed by atoms with E-state index in [1.807, 2.05) is 60.7 Å². The molecule has 0 aliphatic rings. The lowest BCUT2D eigenvalue weighted by Crippen LogP contribution is -2.13. The highest BCUT2D eigenvalue weighted by Crippen LogP contribution is 2.40. The van der Waals surface area contributed by atoms with Gasteiger partial charge in [0.15, 0.2) is 5.78 Å². The molecule has 1 heterocycles. The van der Waals surface area contributed by atoms with Crippen LogP contribution >= 0.6 is 0 Å². The first-order valence-corrected chi connectivity index (χ1v) is 15.8. The van der Waals surface area contributed by atoms with Crippen molar-refractivity contribution in [1.82, 2.24) is 0 Å². The van der Waals surface area contributed by atoms with Gasteiger partial charge in [0.1, 0.15) is 47.0 Å². The monoisotopic (exact) mass is 606 g/mol. The lowest BCUT2D eigenvalue weighted by molar-refractivity contribution is 0.101. The van der Waals surface area contributed by atoms with E-state index in [0.717, 1.165) is 24.0 Å². The molecule has 0 unspecified atom stereocenters. The van der Waals surface area contributed by atoms with E-state index in [1.165, 1.54) is 6.92 Å². The zero-order valence-electron chi connectivity index (χ0n) is 26.8. The second kappa shape index (κ2) is 14.0. The zero-order chi connectivity index (χ0) is 32.1. The fraction of sp³-hybridized carbons (Fsp3) is 0.333. The Hall–Kier alpha value is -4.58. The van der Waals surface area contributed by atoms with Gasteiger partial charge in [-0.2, -0.15) is 0 Å². The van der Waals surface area contributed by atoms with Crippen LogP contribution in [0.4, 0.5) is 0 Å². The van der Waals surface area contributed by atoms with E-state index in [1.54, 1.807) is 12.1 Å². The minimum absolute atomic E-state index is 0.103. The molecule has 0 aliphatic carbocycles. The van der Waals surface area contributed by atoms with E-state index in [0.29, 0.717) is 70.4 Å². The van der Waals surface area contributed by atoms with Crippen LogP contribution in [-0.4, -0.2) is 10.9 Å². The number of hydrogen-bond donors (Lipinski definition) is 1. The first-order chi connectivity index (χ1) is 21.6. The molecule has 5 aromatic rings. The predicted molar refractivity (Wildman–Crippen MR) is 180 cm³/mol. The molecule has 0 saturated heterocycles. The number of fused-ring (bicyclic) bond motifs is 2. The molecule has 234 valence electrons. The Morgan fingerprint density at radius 1 is 0.733 bits per heavy atom. The van der Waals surface area contributed by atoms with Gasteiger partial charge in [0, 0.05) is 17.7 Å². The molecular weight excluding hydrogens is 564 g/mol. The van der Waals surface area contributed by atoms with Gasteiger partial charge in [0.05, 0.1) is 10.9 Å². The molecule has 6 heteroatoms. The number of carbonyl (C=O) groups is 1. The second-order valence-corrected chi connectivity index (χ2v) is 12.6. The van der Waals surface area contributed by atoms with E-state index >= 15 is 0 Å². The third-order valence-electron chi connectivity index (χ3n) is 8.13. The molecule has 0 atom stereocenters. The van der Waals surface area contributed by atoms with Crippen molar-refractivity contribution < 1.29 is 23.8 Å². The molecule has 1 N–H and O–H groups in total. The summed E-state index contributed by atoms with van der Waals surface area (Å²) in [6.07, 6.45) is 2.58. The number of Topliss-reactive ketones (excluding diaryl/α,β-unsaturated/α-hetero) is 1. The summed E-state index contributed by atoms with van der Waals surface area (Å²) in [6, 6.07) is 22.9. The SMILES string of the molecule is CC(=O)c1c(OCc2ccccc2)cc2oc3cc(OCc4ccccc4)c(CCC(C)C)c(O)c3c(=O)c2c1CCC(C)C. The van der Waals surface area contributed by atoms with Gasteiger partial charge in [-0.05, 0) is 61.1 Å². The number of aryl methyl sites for hydroxylation is 1. The smallest absolute Gasteiger partial charge is 0.204 e.